The SMILES string of the molecule is Cc1nc2cc(-c3c(C)c(N)nn3C)ccc2o1. The Morgan fingerprint density at radius 2 is 2.06 bits per heavy atom. The molecule has 0 bridgehead atoms. The van der Waals surface area contributed by atoms with Crippen LogP contribution in [0.15, 0.2) is 22.6 Å². The number of aryl methyl sites for hydroxylation is 2. The van der Waals surface area contributed by atoms with Crippen molar-refractivity contribution in [3.8, 4) is 11.3 Å². The Hall–Kier alpha value is -2.30. The van der Waals surface area contributed by atoms with Crippen LogP contribution in [-0.4, -0.2) is 14.8 Å². The van der Waals surface area contributed by atoms with Gasteiger partial charge >= 0.3 is 0 Å². The molecule has 92 valence electrons. The van der Waals surface area contributed by atoms with Gasteiger partial charge < -0.3 is 10.2 Å². The Bertz CT molecular complexity index is 739. The standard InChI is InChI=1S/C13H14N4O/c1-7-12(17(3)16-13(7)14)9-4-5-11-10(6-9)15-8(2)18-11/h4-6H,1-3H3,(H2,14,16). The van der Waals surface area contributed by atoms with Gasteiger partial charge in [-0.05, 0) is 25.1 Å². The van der Waals surface area contributed by atoms with Gasteiger partial charge in [-0.3, -0.25) is 4.68 Å². The summed E-state index contributed by atoms with van der Waals surface area (Å²) < 4.78 is 7.26. The molecule has 0 amide bonds. The molecule has 1 aromatic carbocycles. The maximum Gasteiger partial charge on any atom is 0.192 e. The number of hydrogen-bond donors (Lipinski definition) is 1. The van der Waals surface area contributed by atoms with E-state index in [1.54, 1.807) is 4.68 Å². The fourth-order valence-corrected chi connectivity index (χ4v) is 2.24. The van der Waals surface area contributed by atoms with Crippen LogP contribution in [-0.2, 0) is 7.05 Å². The fourth-order valence-electron chi connectivity index (χ4n) is 2.24. The number of aromatic nitrogens is 3. The molecule has 0 aliphatic rings. The quantitative estimate of drug-likeness (QED) is 0.711. The van der Waals surface area contributed by atoms with Crippen molar-refractivity contribution in [3.63, 3.8) is 0 Å². The Kier molecular flexibility index (Phi) is 2.16. The van der Waals surface area contributed by atoms with Crippen molar-refractivity contribution in [1.29, 1.82) is 0 Å². The summed E-state index contributed by atoms with van der Waals surface area (Å²) in [7, 11) is 1.89. The van der Waals surface area contributed by atoms with E-state index >= 15 is 0 Å². The normalized spacial score (nSPS) is 11.3. The second kappa shape index (κ2) is 3.60. The molecule has 2 aromatic heterocycles. The molecule has 5 heteroatoms. The highest BCUT2D eigenvalue weighted by molar-refractivity contribution is 5.81. The lowest BCUT2D eigenvalue weighted by Gasteiger charge is -2.03. The van der Waals surface area contributed by atoms with Crippen LogP contribution in [0.4, 0.5) is 5.82 Å². The van der Waals surface area contributed by atoms with E-state index in [9.17, 15) is 0 Å². The van der Waals surface area contributed by atoms with Gasteiger partial charge in [-0.15, -0.1) is 0 Å². The molecular formula is C13H14N4O. The monoisotopic (exact) mass is 242 g/mol. The predicted molar refractivity (Wildman–Crippen MR) is 70.1 cm³/mol. The average molecular weight is 242 g/mol. The first-order chi connectivity index (χ1) is 8.56. The second-order valence-corrected chi connectivity index (χ2v) is 4.40. The summed E-state index contributed by atoms with van der Waals surface area (Å²) in [6.07, 6.45) is 0. The number of anilines is 1. The first kappa shape index (κ1) is 10.8. The lowest BCUT2D eigenvalue weighted by Crippen LogP contribution is -1.94. The van der Waals surface area contributed by atoms with Gasteiger partial charge in [0.2, 0.25) is 0 Å². The minimum absolute atomic E-state index is 0.559. The first-order valence-electron chi connectivity index (χ1n) is 5.73. The van der Waals surface area contributed by atoms with E-state index in [0.29, 0.717) is 11.7 Å². The number of nitrogens with two attached hydrogens (primary N) is 1. The molecule has 0 fully saturated rings. The molecule has 3 rings (SSSR count). The summed E-state index contributed by atoms with van der Waals surface area (Å²) >= 11 is 0. The molecule has 0 spiro atoms. The molecule has 0 aliphatic carbocycles. The van der Waals surface area contributed by atoms with Crippen LogP contribution in [0.1, 0.15) is 11.5 Å². The zero-order valence-corrected chi connectivity index (χ0v) is 10.6. The molecule has 0 radical (unpaired) electrons. The molecule has 0 unspecified atom stereocenters. The molecule has 0 saturated heterocycles. The van der Waals surface area contributed by atoms with E-state index in [1.165, 1.54) is 0 Å². The Labute approximate surface area is 104 Å². The van der Waals surface area contributed by atoms with Gasteiger partial charge in [-0.2, -0.15) is 5.10 Å². The number of nitrogen functional groups attached to an aromatic ring is 1. The zero-order chi connectivity index (χ0) is 12.9. The number of rotatable bonds is 1. The van der Waals surface area contributed by atoms with E-state index in [0.717, 1.165) is 27.9 Å². The summed E-state index contributed by atoms with van der Waals surface area (Å²) in [6.45, 7) is 3.81. The fraction of sp³-hybridized carbons (Fsp3) is 0.231. The smallest absolute Gasteiger partial charge is 0.192 e. The van der Waals surface area contributed by atoms with Gasteiger partial charge in [0.15, 0.2) is 11.5 Å². The van der Waals surface area contributed by atoms with Crippen LogP contribution in [0, 0.1) is 13.8 Å². The first-order valence-corrected chi connectivity index (χ1v) is 5.73. The lowest BCUT2D eigenvalue weighted by atomic mass is 10.1. The van der Waals surface area contributed by atoms with Crippen molar-refractivity contribution in [3.05, 3.63) is 29.7 Å². The number of hydrogen-bond acceptors (Lipinski definition) is 4. The van der Waals surface area contributed by atoms with Gasteiger partial charge in [0.05, 0.1) is 5.69 Å². The summed E-state index contributed by atoms with van der Waals surface area (Å²) in [6, 6.07) is 5.92. The number of benzene rings is 1. The predicted octanol–water partition coefficient (Wildman–Crippen LogP) is 2.43. The van der Waals surface area contributed by atoms with E-state index in [4.69, 9.17) is 10.2 Å². The van der Waals surface area contributed by atoms with E-state index in [-0.39, 0.29) is 0 Å². The molecule has 0 aliphatic heterocycles. The zero-order valence-electron chi connectivity index (χ0n) is 10.6. The highest BCUT2D eigenvalue weighted by Crippen LogP contribution is 2.29. The maximum atomic E-state index is 5.83. The minimum Gasteiger partial charge on any atom is -0.441 e. The molecular weight excluding hydrogens is 228 g/mol. The Balaban J connectivity index is 2.24. The second-order valence-electron chi connectivity index (χ2n) is 4.40. The average Bonchev–Trinajstić information content (AvgIpc) is 2.78. The van der Waals surface area contributed by atoms with E-state index < -0.39 is 0 Å². The topological polar surface area (TPSA) is 69.9 Å². The molecule has 3 aromatic rings. The lowest BCUT2D eigenvalue weighted by molar-refractivity contribution is 0.561. The van der Waals surface area contributed by atoms with E-state index in [2.05, 4.69) is 10.1 Å². The molecule has 2 N–H and O–H groups in total. The molecule has 18 heavy (non-hydrogen) atoms. The minimum atomic E-state index is 0.559. The maximum absolute atomic E-state index is 5.83. The third kappa shape index (κ3) is 1.48. The van der Waals surface area contributed by atoms with Crippen molar-refractivity contribution in [2.75, 3.05) is 5.73 Å². The summed E-state index contributed by atoms with van der Waals surface area (Å²) in [5, 5.41) is 4.22. The van der Waals surface area contributed by atoms with Gasteiger partial charge in [0.25, 0.3) is 0 Å². The summed E-state index contributed by atoms with van der Waals surface area (Å²) in [5.41, 5.74) is 10.5. The Morgan fingerprint density at radius 1 is 1.28 bits per heavy atom. The molecule has 2 heterocycles. The van der Waals surface area contributed by atoms with Crippen LogP contribution in [0.5, 0.6) is 0 Å². The molecule has 5 nitrogen and oxygen atoms in total. The van der Waals surface area contributed by atoms with E-state index in [1.807, 2.05) is 39.1 Å². The highest BCUT2D eigenvalue weighted by Gasteiger charge is 2.13. The van der Waals surface area contributed by atoms with Crippen LogP contribution >= 0.6 is 0 Å². The van der Waals surface area contributed by atoms with Gasteiger partial charge in [0, 0.05) is 25.1 Å². The van der Waals surface area contributed by atoms with Crippen molar-refractivity contribution in [2.24, 2.45) is 7.05 Å². The molecule has 0 saturated carbocycles. The van der Waals surface area contributed by atoms with Crippen LogP contribution in [0.3, 0.4) is 0 Å². The van der Waals surface area contributed by atoms with Crippen LogP contribution < -0.4 is 5.73 Å². The summed E-state index contributed by atoms with van der Waals surface area (Å²) in [4.78, 5) is 4.34. The van der Waals surface area contributed by atoms with Crippen molar-refractivity contribution < 1.29 is 4.42 Å². The third-order valence-corrected chi connectivity index (χ3v) is 3.09. The highest BCUT2D eigenvalue weighted by atomic mass is 16.3. The van der Waals surface area contributed by atoms with Crippen LogP contribution in [0.25, 0.3) is 22.4 Å². The van der Waals surface area contributed by atoms with Crippen LogP contribution in [0.2, 0.25) is 0 Å². The van der Waals surface area contributed by atoms with Crippen molar-refractivity contribution in [1.82, 2.24) is 14.8 Å². The van der Waals surface area contributed by atoms with Crippen molar-refractivity contribution in [2.45, 2.75) is 13.8 Å². The number of fused-ring (bicyclic) bond motifs is 1. The van der Waals surface area contributed by atoms with Gasteiger partial charge in [-0.25, -0.2) is 4.98 Å². The largest absolute Gasteiger partial charge is 0.441 e. The Morgan fingerprint density at radius 3 is 2.72 bits per heavy atom. The van der Waals surface area contributed by atoms with Crippen molar-refractivity contribution >= 4 is 16.9 Å². The van der Waals surface area contributed by atoms with Gasteiger partial charge in [0.1, 0.15) is 11.3 Å². The molecule has 0 atom stereocenters. The summed E-state index contributed by atoms with van der Waals surface area (Å²) in [5.74, 6) is 1.23. The van der Waals surface area contributed by atoms with Gasteiger partial charge in [-0.1, -0.05) is 0 Å². The number of oxazole rings is 1. The number of nitrogens with zero attached hydrogens (tertiary/aromatic N) is 3. The third-order valence-electron chi connectivity index (χ3n) is 3.09.